The van der Waals surface area contributed by atoms with E-state index in [2.05, 4.69) is 39.5 Å². The zero-order chi connectivity index (χ0) is 19.9. The molecule has 1 unspecified atom stereocenters. The minimum Gasteiger partial charge on any atom is -0.484 e. The number of ether oxygens (including phenoxy) is 1. The SMILES string of the molecule is CN=C(NCc1ccc(OCC(F)(F)F)cc1)NCC1CN(C)CCN1C. The van der Waals surface area contributed by atoms with Crippen molar-refractivity contribution < 1.29 is 17.9 Å². The number of nitrogens with one attached hydrogen (secondary N) is 2. The van der Waals surface area contributed by atoms with Crippen molar-refractivity contribution in [2.75, 3.05) is 53.9 Å². The Morgan fingerprint density at radius 3 is 2.52 bits per heavy atom. The van der Waals surface area contributed by atoms with Crippen molar-refractivity contribution in [3.63, 3.8) is 0 Å². The first-order chi connectivity index (χ1) is 12.8. The Morgan fingerprint density at radius 1 is 1.19 bits per heavy atom. The van der Waals surface area contributed by atoms with Gasteiger partial charge in [-0.15, -0.1) is 0 Å². The summed E-state index contributed by atoms with van der Waals surface area (Å²) in [6.07, 6.45) is -4.33. The zero-order valence-electron chi connectivity index (χ0n) is 16.0. The van der Waals surface area contributed by atoms with Crippen LogP contribution in [0.2, 0.25) is 0 Å². The lowest BCUT2D eigenvalue weighted by molar-refractivity contribution is -0.153. The maximum Gasteiger partial charge on any atom is 0.422 e. The number of rotatable bonds is 6. The summed E-state index contributed by atoms with van der Waals surface area (Å²) in [5.74, 6) is 0.886. The summed E-state index contributed by atoms with van der Waals surface area (Å²) in [6, 6.07) is 6.94. The normalized spacial score (nSPS) is 19.8. The summed E-state index contributed by atoms with van der Waals surface area (Å²) in [4.78, 5) is 8.86. The minimum atomic E-state index is -4.33. The smallest absolute Gasteiger partial charge is 0.422 e. The average molecular weight is 387 g/mol. The van der Waals surface area contributed by atoms with E-state index in [0.29, 0.717) is 18.5 Å². The molecular formula is C18H28F3N5O. The lowest BCUT2D eigenvalue weighted by Crippen LogP contribution is -2.55. The van der Waals surface area contributed by atoms with Crippen LogP contribution in [0.4, 0.5) is 13.2 Å². The van der Waals surface area contributed by atoms with Crippen LogP contribution in [0.3, 0.4) is 0 Å². The van der Waals surface area contributed by atoms with Gasteiger partial charge in [0.2, 0.25) is 0 Å². The van der Waals surface area contributed by atoms with Crippen LogP contribution in [0, 0.1) is 0 Å². The average Bonchev–Trinajstić information content (AvgIpc) is 2.63. The van der Waals surface area contributed by atoms with E-state index in [1.54, 1.807) is 19.2 Å². The quantitative estimate of drug-likeness (QED) is 0.573. The Balaban J connectivity index is 1.76. The standard InChI is InChI=1S/C18H28F3N5O/c1-22-17(24-11-15-12-25(2)8-9-26(15)3)23-10-14-4-6-16(7-5-14)27-13-18(19,20)21/h4-7,15H,8-13H2,1-3H3,(H2,22,23,24). The van der Waals surface area contributed by atoms with Gasteiger partial charge in [0.1, 0.15) is 5.75 Å². The lowest BCUT2D eigenvalue weighted by atomic mass is 10.2. The first-order valence-electron chi connectivity index (χ1n) is 8.88. The van der Waals surface area contributed by atoms with Gasteiger partial charge in [0.05, 0.1) is 0 Å². The molecule has 0 saturated carbocycles. The van der Waals surface area contributed by atoms with E-state index in [1.165, 1.54) is 12.1 Å². The molecule has 2 rings (SSSR count). The van der Waals surface area contributed by atoms with Crippen molar-refractivity contribution in [3.05, 3.63) is 29.8 Å². The molecule has 1 aromatic rings. The highest BCUT2D eigenvalue weighted by atomic mass is 19.4. The van der Waals surface area contributed by atoms with E-state index in [1.807, 2.05) is 0 Å². The molecule has 27 heavy (non-hydrogen) atoms. The van der Waals surface area contributed by atoms with Gasteiger partial charge in [-0.1, -0.05) is 12.1 Å². The molecule has 1 aromatic carbocycles. The molecule has 0 radical (unpaired) electrons. The van der Waals surface area contributed by atoms with Crippen molar-refractivity contribution in [2.45, 2.75) is 18.8 Å². The predicted octanol–water partition coefficient (Wildman–Crippen LogP) is 1.54. The second kappa shape index (κ2) is 9.80. The molecule has 6 nitrogen and oxygen atoms in total. The fourth-order valence-corrected chi connectivity index (χ4v) is 2.81. The number of nitrogens with zero attached hydrogens (tertiary/aromatic N) is 3. The fourth-order valence-electron chi connectivity index (χ4n) is 2.81. The molecule has 1 atom stereocenters. The van der Waals surface area contributed by atoms with Crippen LogP contribution in [0.1, 0.15) is 5.56 Å². The van der Waals surface area contributed by atoms with Crippen LogP contribution in [0.15, 0.2) is 29.3 Å². The second-order valence-electron chi connectivity index (χ2n) is 6.75. The monoisotopic (exact) mass is 387 g/mol. The molecule has 0 aliphatic carbocycles. The van der Waals surface area contributed by atoms with Crippen molar-refractivity contribution >= 4 is 5.96 Å². The van der Waals surface area contributed by atoms with Crippen LogP contribution in [0.5, 0.6) is 5.75 Å². The first-order valence-corrected chi connectivity index (χ1v) is 8.88. The van der Waals surface area contributed by atoms with Gasteiger partial charge in [-0.25, -0.2) is 0 Å². The highest BCUT2D eigenvalue weighted by molar-refractivity contribution is 5.79. The summed E-state index contributed by atoms with van der Waals surface area (Å²) in [7, 11) is 5.95. The largest absolute Gasteiger partial charge is 0.484 e. The van der Waals surface area contributed by atoms with Gasteiger partial charge in [-0.3, -0.25) is 9.89 Å². The molecule has 1 fully saturated rings. The molecule has 1 aliphatic rings. The Bertz CT molecular complexity index is 606. The maximum absolute atomic E-state index is 12.2. The van der Waals surface area contributed by atoms with Crippen molar-refractivity contribution in [3.8, 4) is 5.75 Å². The fraction of sp³-hybridized carbons (Fsp3) is 0.611. The number of hydrogen-bond donors (Lipinski definition) is 2. The van der Waals surface area contributed by atoms with Gasteiger partial charge >= 0.3 is 6.18 Å². The van der Waals surface area contributed by atoms with E-state index >= 15 is 0 Å². The lowest BCUT2D eigenvalue weighted by Gasteiger charge is -2.37. The number of benzene rings is 1. The summed E-state index contributed by atoms with van der Waals surface area (Å²) in [5, 5.41) is 6.54. The van der Waals surface area contributed by atoms with E-state index < -0.39 is 12.8 Å². The molecule has 2 N–H and O–H groups in total. The van der Waals surface area contributed by atoms with Crippen molar-refractivity contribution in [1.29, 1.82) is 0 Å². The van der Waals surface area contributed by atoms with Gasteiger partial charge in [-0.05, 0) is 31.8 Å². The number of piperazine rings is 1. The van der Waals surface area contributed by atoms with Gasteiger partial charge < -0.3 is 20.3 Å². The topological polar surface area (TPSA) is 52.1 Å². The third-order valence-electron chi connectivity index (χ3n) is 4.49. The molecule has 1 aliphatic heterocycles. The third-order valence-corrected chi connectivity index (χ3v) is 4.49. The van der Waals surface area contributed by atoms with Crippen molar-refractivity contribution in [2.24, 2.45) is 4.99 Å². The number of likely N-dealkylation sites (N-methyl/N-ethyl adjacent to an activating group) is 2. The summed E-state index contributed by atoms with van der Waals surface area (Å²) >= 11 is 0. The van der Waals surface area contributed by atoms with Gasteiger partial charge in [-0.2, -0.15) is 13.2 Å². The van der Waals surface area contributed by atoms with Crippen LogP contribution >= 0.6 is 0 Å². The van der Waals surface area contributed by atoms with E-state index in [9.17, 15) is 13.2 Å². The molecule has 9 heteroatoms. The Morgan fingerprint density at radius 2 is 1.89 bits per heavy atom. The highest BCUT2D eigenvalue weighted by Gasteiger charge is 2.28. The zero-order valence-corrected chi connectivity index (χ0v) is 16.0. The third kappa shape index (κ3) is 7.64. The number of guanidine groups is 1. The summed E-state index contributed by atoms with van der Waals surface area (Å²) in [6.45, 7) is 3.12. The second-order valence-corrected chi connectivity index (χ2v) is 6.75. The molecule has 0 bridgehead atoms. The molecule has 0 amide bonds. The Kier molecular flexibility index (Phi) is 7.73. The molecular weight excluding hydrogens is 359 g/mol. The van der Waals surface area contributed by atoms with Crippen LogP contribution < -0.4 is 15.4 Å². The van der Waals surface area contributed by atoms with Crippen LogP contribution in [-0.2, 0) is 6.54 Å². The number of halogens is 3. The van der Waals surface area contributed by atoms with E-state index in [-0.39, 0.29) is 5.75 Å². The molecule has 0 aromatic heterocycles. The van der Waals surface area contributed by atoms with Crippen molar-refractivity contribution in [1.82, 2.24) is 20.4 Å². The summed E-state index contributed by atoms with van der Waals surface area (Å²) < 4.78 is 41.2. The molecule has 0 spiro atoms. The molecule has 152 valence electrons. The number of aliphatic imine (C=N–C) groups is 1. The number of alkyl halides is 3. The van der Waals surface area contributed by atoms with Gasteiger partial charge in [0.15, 0.2) is 12.6 Å². The molecule has 1 saturated heterocycles. The minimum absolute atomic E-state index is 0.197. The first kappa shape index (κ1) is 21.3. The Labute approximate surface area is 158 Å². The summed E-state index contributed by atoms with van der Waals surface area (Å²) in [5.41, 5.74) is 0.923. The maximum atomic E-state index is 12.2. The van der Waals surface area contributed by atoms with Crippen LogP contribution in [-0.4, -0.2) is 81.9 Å². The molecule has 1 heterocycles. The highest BCUT2D eigenvalue weighted by Crippen LogP contribution is 2.18. The van der Waals surface area contributed by atoms with Gasteiger partial charge in [0.25, 0.3) is 0 Å². The van der Waals surface area contributed by atoms with E-state index in [0.717, 1.165) is 31.7 Å². The predicted molar refractivity (Wildman–Crippen MR) is 100 cm³/mol. The van der Waals surface area contributed by atoms with Gasteiger partial charge in [0, 0.05) is 45.8 Å². The number of hydrogen-bond acceptors (Lipinski definition) is 4. The van der Waals surface area contributed by atoms with Crippen LogP contribution in [0.25, 0.3) is 0 Å². The van der Waals surface area contributed by atoms with E-state index in [4.69, 9.17) is 4.74 Å². The Hall–Kier alpha value is -2.00.